The third-order valence-corrected chi connectivity index (χ3v) is 5.63. The highest BCUT2D eigenvalue weighted by Gasteiger charge is 2.46. The van der Waals surface area contributed by atoms with E-state index >= 15 is 0 Å². The summed E-state index contributed by atoms with van der Waals surface area (Å²) in [6.45, 7) is 8.34. The van der Waals surface area contributed by atoms with E-state index in [4.69, 9.17) is 16.3 Å². The first-order chi connectivity index (χ1) is 14.9. The van der Waals surface area contributed by atoms with E-state index in [1.54, 1.807) is 29.3 Å². The van der Waals surface area contributed by atoms with Gasteiger partial charge in [-0.1, -0.05) is 30.2 Å². The molecule has 0 bridgehead atoms. The Balaban J connectivity index is 2.03. The number of likely N-dealkylation sites (N-methyl/N-ethyl adjacent to an activating group) is 1. The molecule has 9 heteroatoms. The molecule has 0 aliphatic carbocycles. The molecule has 2 amide bonds. The zero-order chi connectivity index (χ0) is 22.5. The van der Waals surface area contributed by atoms with Gasteiger partial charge in [0.1, 0.15) is 11.5 Å². The Hall–Kier alpha value is -2.71. The minimum atomic E-state index is -1.01. The maximum absolute atomic E-state index is 13.5. The summed E-state index contributed by atoms with van der Waals surface area (Å²) in [7, 11) is 2.01. The van der Waals surface area contributed by atoms with Gasteiger partial charge in [-0.3, -0.25) is 9.79 Å². The zero-order valence-corrected chi connectivity index (χ0v) is 19.1. The zero-order valence-electron chi connectivity index (χ0n) is 18.3. The highest BCUT2D eigenvalue weighted by molar-refractivity contribution is 6.35. The van der Waals surface area contributed by atoms with Crippen LogP contribution in [0.3, 0.4) is 0 Å². The number of anilines is 1. The van der Waals surface area contributed by atoms with Crippen molar-refractivity contribution in [2.24, 2.45) is 4.99 Å². The smallest absolute Gasteiger partial charge is 0.412 e. The van der Waals surface area contributed by atoms with Crippen molar-refractivity contribution in [2.75, 3.05) is 38.1 Å². The van der Waals surface area contributed by atoms with Crippen LogP contribution in [0.4, 0.5) is 10.6 Å². The second-order valence-corrected chi connectivity index (χ2v) is 7.98. The van der Waals surface area contributed by atoms with Crippen LogP contribution in [-0.2, 0) is 9.53 Å². The van der Waals surface area contributed by atoms with Gasteiger partial charge in [-0.25, -0.2) is 14.7 Å². The van der Waals surface area contributed by atoms with Gasteiger partial charge in [0.25, 0.3) is 5.91 Å². The number of pyridine rings is 1. The third-order valence-electron chi connectivity index (χ3n) is 5.41. The maximum atomic E-state index is 13.5. The van der Waals surface area contributed by atoms with Gasteiger partial charge in [0.15, 0.2) is 0 Å². The van der Waals surface area contributed by atoms with Crippen molar-refractivity contribution in [2.45, 2.75) is 33.4 Å². The Bertz CT molecular complexity index is 918. The van der Waals surface area contributed by atoms with Crippen molar-refractivity contribution in [1.29, 1.82) is 0 Å². The van der Waals surface area contributed by atoms with Crippen LogP contribution in [0.5, 0.6) is 0 Å². The SMILES string of the molecule is C\C=C/N=C1/C(=C(\C)CC)C(=O)N(c2ccc(Cl)cn2)[C@H]1OC(=O)N1CCN(C)CC1. The van der Waals surface area contributed by atoms with E-state index < -0.39 is 12.3 Å². The molecule has 1 atom stereocenters. The Morgan fingerprint density at radius 1 is 1.32 bits per heavy atom. The fourth-order valence-corrected chi connectivity index (χ4v) is 3.56. The number of carbonyl (C=O) groups excluding carboxylic acids is 2. The molecule has 0 N–H and O–H groups in total. The fraction of sp³-hybridized carbons (Fsp3) is 0.455. The quantitative estimate of drug-likeness (QED) is 0.663. The topological polar surface area (TPSA) is 78.3 Å². The van der Waals surface area contributed by atoms with Gasteiger partial charge < -0.3 is 14.5 Å². The summed E-state index contributed by atoms with van der Waals surface area (Å²) in [6, 6.07) is 3.28. The molecule has 31 heavy (non-hydrogen) atoms. The summed E-state index contributed by atoms with van der Waals surface area (Å²) in [5.41, 5.74) is 1.72. The molecule has 3 heterocycles. The lowest BCUT2D eigenvalue weighted by atomic mass is 10.0. The first-order valence-electron chi connectivity index (χ1n) is 10.4. The number of piperazine rings is 1. The Kier molecular flexibility index (Phi) is 7.46. The molecule has 8 nitrogen and oxygen atoms in total. The molecule has 3 rings (SSSR count). The van der Waals surface area contributed by atoms with Gasteiger partial charge in [0, 0.05) is 38.6 Å². The van der Waals surface area contributed by atoms with Crippen LogP contribution < -0.4 is 4.90 Å². The van der Waals surface area contributed by atoms with E-state index in [2.05, 4.69) is 14.9 Å². The molecule has 1 aromatic heterocycles. The molecule has 0 spiro atoms. The predicted molar refractivity (Wildman–Crippen MR) is 121 cm³/mol. The molecule has 0 radical (unpaired) electrons. The van der Waals surface area contributed by atoms with Crippen LogP contribution in [0.25, 0.3) is 0 Å². The summed E-state index contributed by atoms with van der Waals surface area (Å²) in [5, 5.41) is 0.449. The van der Waals surface area contributed by atoms with Crippen molar-refractivity contribution in [3.05, 3.63) is 46.8 Å². The van der Waals surface area contributed by atoms with Crippen molar-refractivity contribution >= 4 is 35.1 Å². The van der Waals surface area contributed by atoms with Crippen molar-refractivity contribution in [1.82, 2.24) is 14.8 Å². The molecule has 1 aromatic rings. The van der Waals surface area contributed by atoms with Crippen molar-refractivity contribution in [3.63, 3.8) is 0 Å². The second-order valence-electron chi connectivity index (χ2n) is 7.54. The van der Waals surface area contributed by atoms with Crippen LogP contribution in [0.2, 0.25) is 5.02 Å². The summed E-state index contributed by atoms with van der Waals surface area (Å²) in [6.07, 6.45) is 3.99. The highest BCUT2D eigenvalue weighted by atomic mass is 35.5. The van der Waals surface area contributed by atoms with E-state index in [0.717, 1.165) is 18.7 Å². The van der Waals surface area contributed by atoms with E-state index in [9.17, 15) is 9.59 Å². The molecule has 2 fully saturated rings. The Morgan fingerprint density at radius 2 is 2.03 bits per heavy atom. The average Bonchev–Trinajstić information content (AvgIpc) is 3.03. The number of aliphatic imine (C=N–C) groups is 1. The lowest BCUT2D eigenvalue weighted by molar-refractivity contribution is -0.115. The minimum Gasteiger partial charge on any atom is -0.419 e. The van der Waals surface area contributed by atoms with Gasteiger partial charge in [0.2, 0.25) is 6.23 Å². The standard InChI is InChI=1S/C22H28ClN5O3/c1-5-9-24-19-18(15(3)6-2)20(29)28(17-8-7-16(23)14-25-17)21(19)31-22(30)27-12-10-26(4)11-13-27/h5,7-9,14,21H,6,10-13H2,1-4H3/b9-5-,18-15-,24-19-/t21-/m0/s1. The normalized spacial score (nSPS) is 23.2. The number of carbonyl (C=O) groups is 2. The van der Waals surface area contributed by atoms with Crippen molar-refractivity contribution in [3.8, 4) is 0 Å². The highest BCUT2D eigenvalue weighted by Crippen LogP contribution is 2.31. The second kappa shape index (κ2) is 10.1. The van der Waals surface area contributed by atoms with Crippen LogP contribution in [0.1, 0.15) is 27.2 Å². The number of rotatable bonds is 4. The molecule has 0 aromatic carbocycles. The van der Waals surface area contributed by atoms with Gasteiger partial charge >= 0.3 is 6.09 Å². The summed E-state index contributed by atoms with van der Waals surface area (Å²) < 4.78 is 5.89. The molecule has 166 valence electrons. The van der Waals surface area contributed by atoms with Gasteiger partial charge in [0.05, 0.1) is 10.6 Å². The molecular weight excluding hydrogens is 418 g/mol. The van der Waals surface area contributed by atoms with Crippen molar-refractivity contribution < 1.29 is 14.3 Å². The van der Waals surface area contributed by atoms with Crippen LogP contribution in [-0.4, -0.2) is 72.0 Å². The minimum absolute atomic E-state index is 0.298. The van der Waals surface area contributed by atoms with Crippen LogP contribution >= 0.6 is 11.6 Å². The number of hydrogen-bond acceptors (Lipinski definition) is 6. The summed E-state index contributed by atoms with van der Waals surface area (Å²) in [5.74, 6) is 0.0475. The number of amides is 2. The number of nitrogens with zero attached hydrogens (tertiary/aromatic N) is 5. The third kappa shape index (κ3) is 4.97. The summed E-state index contributed by atoms with van der Waals surface area (Å²) in [4.78, 5) is 40.4. The number of halogens is 1. The van der Waals surface area contributed by atoms with E-state index in [-0.39, 0.29) is 5.91 Å². The largest absolute Gasteiger partial charge is 0.419 e. The fourth-order valence-electron chi connectivity index (χ4n) is 3.45. The van der Waals surface area contributed by atoms with E-state index in [0.29, 0.717) is 41.6 Å². The first kappa shape index (κ1) is 23.0. The molecular formula is C22H28ClN5O3. The molecule has 0 saturated carbocycles. The maximum Gasteiger partial charge on any atom is 0.412 e. The van der Waals surface area contributed by atoms with Gasteiger partial charge in [-0.2, -0.15) is 0 Å². The Labute approximate surface area is 187 Å². The first-order valence-corrected chi connectivity index (χ1v) is 10.7. The van der Waals surface area contributed by atoms with Gasteiger partial charge in [-0.05, 0) is 39.4 Å². The molecule has 0 unspecified atom stereocenters. The predicted octanol–water partition coefficient (Wildman–Crippen LogP) is 3.49. The lowest BCUT2D eigenvalue weighted by Crippen LogP contribution is -2.50. The van der Waals surface area contributed by atoms with Gasteiger partial charge in [-0.15, -0.1) is 0 Å². The molecule has 2 aliphatic heterocycles. The number of allylic oxidation sites excluding steroid dienone is 2. The van der Waals surface area contributed by atoms with Crippen LogP contribution in [0, 0.1) is 0 Å². The lowest BCUT2D eigenvalue weighted by Gasteiger charge is -2.33. The number of hydrogen-bond donors (Lipinski definition) is 0. The van der Waals surface area contributed by atoms with E-state index in [1.165, 1.54) is 11.1 Å². The van der Waals surface area contributed by atoms with E-state index in [1.807, 2.05) is 27.8 Å². The monoisotopic (exact) mass is 445 g/mol. The summed E-state index contributed by atoms with van der Waals surface area (Å²) >= 11 is 5.98. The van der Waals surface area contributed by atoms with Crippen LogP contribution in [0.15, 0.2) is 46.7 Å². The average molecular weight is 446 g/mol. The number of aromatic nitrogens is 1. The number of ether oxygens (including phenoxy) is 1. The Morgan fingerprint density at radius 3 is 2.61 bits per heavy atom. The molecule has 2 saturated heterocycles. The molecule has 2 aliphatic rings.